The summed E-state index contributed by atoms with van der Waals surface area (Å²) >= 11 is 0. The topological polar surface area (TPSA) is 20.3 Å². The number of allylic oxidation sites excluding steroid dienone is 2. The van der Waals surface area contributed by atoms with Crippen LogP contribution in [-0.2, 0) is 4.79 Å². The Morgan fingerprint density at radius 3 is 2.42 bits per heavy atom. The first-order chi connectivity index (χ1) is 8.86. The van der Waals surface area contributed by atoms with Crippen molar-refractivity contribution in [3.63, 3.8) is 0 Å². The zero-order valence-corrected chi connectivity index (χ0v) is 10.2. The first-order valence-electron chi connectivity index (χ1n) is 5.41. The molecule has 0 bridgehead atoms. The number of benzene rings is 1. The molecule has 1 aromatic carbocycles. The van der Waals surface area contributed by atoms with Crippen molar-refractivity contribution in [1.29, 1.82) is 0 Å². The number of ketones is 1. The van der Waals surface area contributed by atoms with E-state index in [1.165, 1.54) is 11.8 Å². The number of para-hydroxylation sites is 1. The maximum absolute atomic E-state index is 12.2. The van der Waals surface area contributed by atoms with Gasteiger partial charge in [0.15, 0.2) is 0 Å². The van der Waals surface area contributed by atoms with Crippen molar-refractivity contribution in [2.45, 2.75) is 13.1 Å². The van der Waals surface area contributed by atoms with Gasteiger partial charge in [0.05, 0.1) is 6.54 Å². The Morgan fingerprint density at radius 1 is 1.37 bits per heavy atom. The van der Waals surface area contributed by atoms with Crippen LogP contribution < -0.4 is 4.90 Å². The molecule has 1 aromatic rings. The number of alkyl halides is 3. The molecule has 5 heteroatoms. The second-order valence-electron chi connectivity index (χ2n) is 3.77. The average molecular weight is 267 g/mol. The van der Waals surface area contributed by atoms with Crippen molar-refractivity contribution >= 4 is 11.5 Å². The van der Waals surface area contributed by atoms with E-state index in [2.05, 4.69) is 5.92 Å². The third kappa shape index (κ3) is 4.18. The molecule has 0 unspecified atom stereocenters. The van der Waals surface area contributed by atoms with Crippen LogP contribution in [0.1, 0.15) is 6.92 Å². The van der Waals surface area contributed by atoms with Crippen LogP contribution in [0.4, 0.5) is 18.9 Å². The van der Waals surface area contributed by atoms with Gasteiger partial charge in [-0.25, -0.2) is 0 Å². The lowest BCUT2D eigenvalue weighted by atomic mass is 10.2. The molecular formula is C14H12F3NO. The highest BCUT2D eigenvalue weighted by Crippen LogP contribution is 2.21. The van der Waals surface area contributed by atoms with Crippen LogP contribution in [0.25, 0.3) is 0 Å². The van der Waals surface area contributed by atoms with Gasteiger partial charge < -0.3 is 4.90 Å². The lowest BCUT2D eigenvalue weighted by molar-refractivity contribution is -0.165. The molecule has 0 aromatic heterocycles. The third-order valence-corrected chi connectivity index (χ3v) is 2.36. The minimum atomic E-state index is -4.88. The summed E-state index contributed by atoms with van der Waals surface area (Å²) in [6, 6.07) is 8.65. The Hall–Kier alpha value is -2.22. The van der Waals surface area contributed by atoms with Crippen molar-refractivity contribution in [2.75, 3.05) is 11.4 Å². The summed E-state index contributed by atoms with van der Waals surface area (Å²) in [4.78, 5) is 12.4. The smallest absolute Gasteiger partial charge is 0.334 e. The summed E-state index contributed by atoms with van der Waals surface area (Å²) in [5.74, 6) is 0.452. The SMILES string of the molecule is C#CCN(/C(C)=C/C(=O)C(F)(F)F)c1ccccc1. The monoisotopic (exact) mass is 267 g/mol. The second-order valence-corrected chi connectivity index (χ2v) is 3.77. The van der Waals surface area contributed by atoms with Crippen LogP contribution in [0, 0.1) is 12.3 Å². The summed E-state index contributed by atoms with van der Waals surface area (Å²) in [5, 5.41) is 0. The molecule has 1 rings (SSSR count). The number of halogens is 3. The molecule has 0 aliphatic rings. The molecule has 0 atom stereocenters. The predicted octanol–water partition coefficient (Wildman–Crippen LogP) is 3.16. The van der Waals surface area contributed by atoms with Crippen molar-refractivity contribution in [1.82, 2.24) is 0 Å². The minimum Gasteiger partial charge on any atom is -0.334 e. The minimum absolute atomic E-state index is 0.0808. The van der Waals surface area contributed by atoms with Crippen molar-refractivity contribution < 1.29 is 18.0 Å². The van der Waals surface area contributed by atoms with E-state index in [-0.39, 0.29) is 12.2 Å². The second kappa shape index (κ2) is 6.10. The van der Waals surface area contributed by atoms with Gasteiger partial charge in [0.1, 0.15) is 0 Å². The fraction of sp³-hybridized carbons (Fsp3) is 0.214. The van der Waals surface area contributed by atoms with Crippen LogP contribution in [0.3, 0.4) is 0 Å². The average Bonchev–Trinajstić information content (AvgIpc) is 2.35. The highest BCUT2D eigenvalue weighted by atomic mass is 19.4. The van der Waals surface area contributed by atoms with Gasteiger partial charge in [-0.05, 0) is 19.1 Å². The Balaban J connectivity index is 3.05. The Bertz CT molecular complexity index is 512. The third-order valence-electron chi connectivity index (χ3n) is 2.36. The van der Waals surface area contributed by atoms with Crippen LogP contribution >= 0.6 is 0 Å². The van der Waals surface area contributed by atoms with E-state index >= 15 is 0 Å². The summed E-state index contributed by atoms with van der Waals surface area (Å²) in [5.41, 5.74) is 0.774. The molecule has 0 N–H and O–H groups in total. The molecule has 19 heavy (non-hydrogen) atoms. The zero-order valence-electron chi connectivity index (χ0n) is 10.2. The molecule has 0 saturated carbocycles. The van der Waals surface area contributed by atoms with Gasteiger partial charge in [0.2, 0.25) is 0 Å². The Morgan fingerprint density at radius 2 is 1.95 bits per heavy atom. The fourth-order valence-electron chi connectivity index (χ4n) is 1.47. The van der Waals surface area contributed by atoms with E-state index < -0.39 is 12.0 Å². The van der Waals surface area contributed by atoms with Crippen LogP contribution in [-0.4, -0.2) is 18.5 Å². The molecule has 0 heterocycles. The quantitative estimate of drug-likeness (QED) is 0.617. The standard InChI is InChI=1S/C14H12F3NO/c1-3-9-18(12-7-5-4-6-8-12)11(2)10-13(19)14(15,16)17/h1,4-8,10H,9H2,2H3/b11-10+. The van der Waals surface area contributed by atoms with E-state index in [0.717, 1.165) is 0 Å². The van der Waals surface area contributed by atoms with E-state index in [9.17, 15) is 18.0 Å². The normalized spacial score (nSPS) is 11.8. The maximum atomic E-state index is 12.2. The molecule has 0 aliphatic carbocycles. The largest absolute Gasteiger partial charge is 0.454 e. The van der Waals surface area contributed by atoms with Crippen molar-refractivity contribution in [3.8, 4) is 12.3 Å². The molecule has 0 amide bonds. The van der Waals surface area contributed by atoms with Gasteiger partial charge in [-0.15, -0.1) is 6.42 Å². The summed E-state index contributed by atoms with van der Waals surface area (Å²) < 4.78 is 36.6. The van der Waals surface area contributed by atoms with Crippen molar-refractivity contribution in [3.05, 3.63) is 42.1 Å². The predicted molar refractivity (Wildman–Crippen MR) is 67.4 cm³/mol. The Kier molecular flexibility index (Phi) is 4.76. The summed E-state index contributed by atoms with van der Waals surface area (Å²) in [6.07, 6.45) is 0.866. The van der Waals surface area contributed by atoms with Crippen LogP contribution in [0.15, 0.2) is 42.1 Å². The number of anilines is 1. The zero-order chi connectivity index (χ0) is 14.5. The number of carbonyl (C=O) groups is 1. The molecule has 0 fully saturated rings. The first-order valence-corrected chi connectivity index (χ1v) is 5.41. The first kappa shape index (κ1) is 14.8. The van der Waals surface area contributed by atoms with E-state index in [1.807, 2.05) is 0 Å². The lowest BCUT2D eigenvalue weighted by Crippen LogP contribution is -2.25. The molecule has 2 nitrogen and oxygen atoms in total. The molecule has 0 saturated heterocycles. The van der Waals surface area contributed by atoms with Gasteiger partial charge in [0.25, 0.3) is 5.78 Å². The number of carbonyl (C=O) groups excluding carboxylic acids is 1. The summed E-state index contributed by atoms with van der Waals surface area (Å²) in [7, 11) is 0. The Labute approximate surface area is 109 Å². The molecule has 100 valence electrons. The number of terminal acetylenes is 1. The number of nitrogens with zero attached hydrogens (tertiary/aromatic N) is 1. The van der Waals surface area contributed by atoms with E-state index in [4.69, 9.17) is 6.42 Å². The van der Waals surface area contributed by atoms with Gasteiger partial charge in [0, 0.05) is 17.5 Å². The van der Waals surface area contributed by atoms with Gasteiger partial charge >= 0.3 is 6.18 Å². The van der Waals surface area contributed by atoms with Gasteiger partial charge in [-0.1, -0.05) is 24.1 Å². The molecule has 0 spiro atoms. The molecular weight excluding hydrogens is 255 g/mol. The number of hydrogen-bond donors (Lipinski definition) is 0. The van der Waals surface area contributed by atoms with E-state index in [1.54, 1.807) is 30.3 Å². The maximum Gasteiger partial charge on any atom is 0.454 e. The van der Waals surface area contributed by atoms with Crippen LogP contribution in [0.2, 0.25) is 0 Å². The molecule has 0 aliphatic heterocycles. The fourth-order valence-corrected chi connectivity index (χ4v) is 1.47. The molecule has 0 radical (unpaired) electrons. The highest BCUT2D eigenvalue weighted by molar-refractivity contribution is 5.95. The number of rotatable bonds is 4. The highest BCUT2D eigenvalue weighted by Gasteiger charge is 2.36. The van der Waals surface area contributed by atoms with Gasteiger partial charge in [-0.2, -0.15) is 13.2 Å². The summed E-state index contributed by atoms with van der Waals surface area (Å²) in [6.45, 7) is 1.49. The van der Waals surface area contributed by atoms with Crippen molar-refractivity contribution in [2.24, 2.45) is 0 Å². The van der Waals surface area contributed by atoms with Gasteiger partial charge in [-0.3, -0.25) is 4.79 Å². The number of hydrogen-bond acceptors (Lipinski definition) is 2. The lowest BCUT2D eigenvalue weighted by Gasteiger charge is -2.23. The van der Waals surface area contributed by atoms with Crippen LogP contribution in [0.5, 0.6) is 0 Å². The van der Waals surface area contributed by atoms with E-state index in [0.29, 0.717) is 11.8 Å².